The van der Waals surface area contributed by atoms with Gasteiger partial charge in [-0.3, -0.25) is 25.8 Å². The second-order valence-corrected chi connectivity index (χ2v) is 7.51. The van der Waals surface area contributed by atoms with Gasteiger partial charge in [-0.05, 0) is 42.5 Å². The Morgan fingerprint density at radius 2 is 1.62 bits per heavy atom. The maximum Gasteiger partial charge on any atom is 0.337 e. The van der Waals surface area contributed by atoms with E-state index in [0.717, 1.165) is 10.1 Å². The second-order valence-electron chi connectivity index (χ2n) is 5.67. The highest BCUT2D eigenvalue weighted by Crippen LogP contribution is 2.34. The van der Waals surface area contributed by atoms with Crippen molar-refractivity contribution in [2.24, 2.45) is 0 Å². The van der Waals surface area contributed by atoms with Crippen LogP contribution in [0.4, 0.5) is 0 Å². The molecule has 0 fully saturated rings. The number of methoxy groups -OCH3 is 1. The van der Waals surface area contributed by atoms with Crippen molar-refractivity contribution >= 4 is 68.1 Å². The Bertz CT molecular complexity index is 1110. The summed E-state index contributed by atoms with van der Waals surface area (Å²) in [5, 5.41) is 3.47. The fourth-order valence-electron chi connectivity index (χ4n) is 2.41. The molecule has 3 rings (SSSR count). The molecule has 2 amide bonds. The Labute approximate surface area is 180 Å². The molecule has 1 aromatic heterocycles. The number of hydrogen-bond donors (Lipinski definition) is 3. The first-order chi connectivity index (χ1) is 13.9. The Hall–Kier alpha value is -3.01. The molecule has 3 N–H and O–H groups in total. The van der Waals surface area contributed by atoms with Crippen LogP contribution in [0.3, 0.4) is 0 Å². The number of esters is 1. The molecule has 0 aliphatic rings. The minimum Gasteiger partial charge on any atom is -0.465 e. The zero-order chi connectivity index (χ0) is 21.0. The van der Waals surface area contributed by atoms with Gasteiger partial charge < -0.3 is 4.74 Å². The fourth-order valence-corrected chi connectivity index (χ4v) is 3.97. The highest BCUT2D eigenvalue weighted by atomic mass is 35.5. The van der Waals surface area contributed by atoms with Crippen molar-refractivity contribution in [3.8, 4) is 0 Å². The largest absolute Gasteiger partial charge is 0.465 e. The van der Waals surface area contributed by atoms with Gasteiger partial charge in [-0.15, -0.1) is 11.3 Å². The lowest BCUT2D eigenvalue weighted by Gasteiger charge is -2.10. The maximum absolute atomic E-state index is 12.4. The highest BCUT2D eigenvalue weighted by Gasteiger charge is 2.17. The number of thiocarbonyl (C=S) groups is 1. The van der Waals surface area contributed by atoms with Crippen molar-refractivity contribution in [3.05, 3.63) is 69.6 Å². The van der Waals surface area contributed by atoms with Crippen LogP contribution < -0.4 is 16.2 Å². The van der Waals surface area contributed by atoms with Crippen LogP contribution in [-0.4, -0.2) is 30.0 Å². The van der Waals surface area contributed by atoms with Gasteiger partial charge in [-0.25, -0.2) is 4.79 Å². The Morgan fingerprint density at radius 1 is 0.966 bits per heavy atom. The molecule has 7 nitrogen and oxygen atoms in total. The number of hydrogen-bond acceptors (Lipinski definition) is 6. The number of carbonyl (C=O) groups excluding carboxylic acids is 3. The van der Waals surface area contributed by atoms with Gasteiger partial charge in [0.1, 0.15) is 4.88 Å². The molecule has 0 radical (unpaired) electrons. The van der Waals surface area contributed by atoms with Crippen molar-refractivity contribution in [2.45, 2.75) is 0 Å². The maximum atomic E-state index is 12.4. The molecule has 0 saturated heterocycles. The molecule has 0 bridgehead atoms. The third kappa shape index (κ3) is 4.70. The molecular weight excluding hydrogens is 434 g/mol. The van der Waals surface area contributed by atoms with Gasteiger partial charge in [0.15, 0.2) is 5.11 Å². The van der Waals surface area contributed by atoms with Gasteiger partial charge in [-0.1, -0.05) is 29.8 Å². The molecule has 0 atom stereocenters. The molecule has 1 heterocycles. The number of halogens is 1. The molecule has 29 heavy (non-hydrogen) atoms. The number of carbonyl (C=O) groups is 3. The van der Waals surface area contributed by atoms with Crippen molar-refractivity contribution < 1.29 is 19.1 Å². The molecule has 148 valence electrons. The van der Waals surface area contributed by atoms with Crippen molar-refractivity contribution in [2.75, 3.05) is 7.11 Å². The number of fused-ring (bicyclic) bond motifs is 1. The molecule has 0 unspecified atom stereocenters. The Balaban J connectivity index is 1.57. The number of rotatable bonds is 3. The average molecular weight is 448 g/mol. The monoisotopic (exact) mass is 447 g/mol. The van der Waals surface area contributed by atoms with E-state index in [4.69, 9.17) is 23.8 Å². The minimum absolute atomic E-state index is 0.0994. The number of hydrazine groups is 1. The summed E-state index contributed by atoms with van der Waals surface area (Å²) < 4.78 is 5.48. The predicted molar refractivity (Wildman–Crippen MR) is 115 cm³/mol. The van der Waals surface area contributed by atoms with Gasteiger partial charge in [0, 0.05) is 15.6 Å². The molecule has 0 saturated carbocycles. The van der Waals surface area contributed by atoms with Gasteiger partial charge >= 0.3 is 5.97 Å². The van der Waals surface area contributed by atoms with Crippen LogP contribution in [0.5, 0.6) is 0 Å². The number of benzene rings is 2. The minimum atomic E-state index is -0.506. The molecule has 2 aromatic carbocycles. The summed E-state index contributed by atoms with van der Waals surface area (Å²) in [5.41, 5.74) is 5.47. The molecular formula is C19H14ClN3O4S2. The summed E-state index contributed by atoms with van der Waals surface area (Å²) in [7, 11) is 1.27. The second kappa shape index (κ2) is 8.99. The summed E-state index contributed by atoms with van der Waals surface area (Å²) in [6.07, 6.45) is 0. The molecule has 0 spiro atoms. The summed E-state index contributed by atoms with van der Waals surface area (Å²) in [5.74, 6) is -1.49. The Kier molecular flexibility index (Phi) is 6.42. The van der Waals surface area contributed by atoms with Crippen LogP contribution in [0.25, 0.3) is 10.1 Å². The third-order valence-corrected chi connectivity index (χ3v) is 5.70. The summed E-state index contributed by atoms with van der Waals surface area (Å²) in [4.78, 5) is 36.3. The van der Waals surface area contributed by atoms with E-state index in [9.17, 15) is 14.4 Å². The SMILES string of the molecule is COC(=O)c1ccc(C(=O)NC(=S)NNC(=O)c2sc3ccccc3c2Cl)cc1. The van der Waals surface area contributed by atoms with E-state index in [-0.39, 0.29) is 10.7 Å². The lowest BCUT2D eigenvalue weighted by Crippen LogP contribution is -2.48. The van der Waals surface area contributed by atoms with Crippen LogP contribution in [0.15, 0.2) is 48.5 Å². The van der Waals surface area contributed by atoms with Gasteiger partial charge in [0.25, 0.3) is 11.8 Å². The normalized spacial score (nSPS) is 10.3. The number of thiophene rings is 1. The number of nitrogens with one attached hydrogen (secondary N) is 3. The first-order valence-corrected chi connectivity index (χ1v) is 9.78. The van der Waals surface area contributed by atoms with Crippen LogP contribution in [0.2, 0.25) is 5.02 Å². The zero-order valence-corrected chi connectivity index (χ0v) is 17.3. The first kappa shape index (κ1) is 20.7. The van der Waals surface area contributed by atoms with Gasteiger partial charge in [0.05, 0.1) is 17.7 Å². The predicted octanol–water partition coefficient (Wildman–Crippen LogP) is 3.29. The summed E-state index contributed by atoms with van der Waals surface area (Å²) in [6, 6.07) is 13.2. The van der Waals surface area contributed by atoms with Crippen molar-refractivity contribution in [1.29, 1.82) is 0 Å². The van der Waals surface area contributed by atoms with E-state index in [2.05, 4.69) is 20.9 Å². The van der Waals surface area contributed by atoms with E-state index >= 15 is 0 Å². The smallest absolute Gasteiger partial charge is 0.337 e. The van der Waals surface area contributed by atoms with E-state index in [1.54, 1.807) is 0 Å². The van der Waals surface area contributed by atoms with Gasteiger partial charge in [0.2, 0.25) is 0 Å². The van der Waals surface area contributed by atoms with Crippen molar-refractivity contribution in [3.63, 3.8) is 0 Å². The van der Waals surface area contributed by atoms with E-state index < -0.39 is 17.8 Å². The van der Waals surface area contributed by atoms with Gasteiger partial charge in [-0.2, -0.15) is 0 Å². The Morgan fingerprint density at radius 3 is 2.28 bits per heavy atom. The van der Waals surface area contributed by atoms with Crippen LogP contribution in [0, 0.1) is 0 Å². The third-order valence-electron chi connectivity index (χ3n) is 3.83. The molecule has 3 aromatic rings. The van der Waals surface area contributed by atoms with E-state index in [1.165, 1.54) is 42.7 Å². The summed E-state index contributed by atoms with van der Waals surface area (Å²) in [6.45, 7) is 0. The molecule has 0 aliphatic heterocycles. The van der Waals surface area contributed by atoms with Crippen LogP contribution >= 0.6 is 35.2 Å². The van der Waals surface area contributed by atoms with Crippen LogP contribution in [0.1, 0.15) is 30.4 Å². The average Bonchev–Trinajstić information content (AvgIpc) is 3.08. The number of amides is 2. The quantitative estimate of drug-likeness (QED) is 0.324. The lowest BCUT2D eigenvalue weighted by atomic mass is 10.1. The fraction of sp³-hybridized carbons (Fsp3) is 0.0526. The number of ether oxygens (including phenoxy) is 1. The first-order valence-electron chi connectivity index (χ1n) is 8.17. The molecule has 10 heteroatoms. The topological polar surface area (TPSA) is 96.5 Å². The standard InChI is InChI=1S/C19H14ClN3O4S2/c1-27-18(26)11-8-6-10(7-9-11)16(24)21-19(28)23-22-17(25)15-14(20)12-4-2-3-5-13(12)29-15/h2-9H,1H3,(H,22,25)(H2,21,23,24,28). The van der Waals surface area contributed by atoms with Crippen molar-refractivity contribution in [1.82, 2.24) is 16.2 Å². The highest BCUT2D eigenvalue weighted by molar-refractivity contribution is 7.80. The van der Waals surface area contributed by atoms with Crippen LogP contribution in [-0.2, 0) is 4.74 Å². The lowest BCUT2D eigenvalue weighted by molar-refractivity contribution is 0.0600. The zero-order valence-electron chi connectivity index (χ0n) is 14.9. The van der Waals surface area contributed by atoms with E-state index in [0.29, 0.717) is 15.5 Å². The van der Waals surface area contributed by atoms with E-state index in [1.807, 2.05) is 24.3 Å². The summed E-state index contributed by atoms with van der Waals surface area (Å²) >= 11 is 12.5. The molecule has 0 aliphatic carbocycles.